The second-order valence-electron chi connectivity index (χ2n) is 7.15. The van der Waals surface area contributed by atoms with E-state index in [1.54, 1.807) is 0 Å². The molecule has 6 heteroatoms. The van der Waals surface area contributed by atoms with Crippen molar-refractivity contribution in [2.75, 3.05) is 11.9 Å². The Morgan fingerprint density at radius 2 is 2.03 bits per heavy atom. The van der Waals surface area contributed by atoms with E-state index in [1.165, 1.54) is 30.2 Å². The van der Waals surface area contributed by atoms with Crippen molar-refractivity contribution in [1.29, 1.82) is 5.26 Å². The molecule has 0 saturated heterocycles. The number of para-hydroxylation sites is 2. The predicted octanol–water partition coefficient (Wildman–Crippen LogP) is 5.13. The molecule has 0 aliphatic heterocycles. The third kappa shape index (κ3) is 5.51. The summed E-state index contributed by atoms with van der Waals surface area (Å²) < 4.78 is 5.58. The van der Waals surface area contributed by atoms with Gasteiger partial charge in [0.2, 0.25) is 5.91 Å². The van der Waals surface area contributed by atoms with Gasteiger partial charge in [0.05, 0.1) is 23.1 Å². The van der Waals surface area contributed by atoms with Gasteiger partial charge in [-0.1, -0.05) is 36.7 Å². The molecule has 1 heterocycles. The van der Waals surface area contributed by atoms with Crippen LogP contribution in [0.2, 0.25) is 0 Å². The van der Waals surface area contributed by atoms with Crippen molar-refractivity contribution < 1.29 is 9.53 Å². The van der Waals surface area contributed by atoms with Crippen molar-refractivity contribution in [3.05, 3.63) is 47.2 Å². The molecule has 1 atom stereocenters. The molecule has 0 bridgehead atoms. The summed E-state index contributed by atoms with van der Waals surface area (Å²) in [5, 5.41) is 12.8. The summed E-state index contributed by atoms with van der Waals surface area (Å²) in [6, 6.07) is 11.6. The first-order valence-corrected chi connectivity index (χ1v) is 11.1. The van der Waals surface area contributed by atoms with Gasteiger partial charge in [0.1, 0.15) is 16.8 Å². The van der Waals surface area contributed by atoms with Crippen molar-refractivity contribution in [3.8, 4) is 11.8 Å². The predicted molar refractivity (Wildman–Crippen MR) is 116 cm³/mol. The Morgan fingerprint density at radius 1 is 1.28 bits per heavy atom. The molecule has 0 radical (unpaired) electrons. The quantitative estimate of drug-likeness (QED) is 0.670. The van der Waals surface area contributed by atoms with Crippen LogP contribution in [0.3, 0.4) is 0 Å². The molecule has 1 aliphatic carbocycles. The number of hydrogen-bond acceptors (Lipinski definition) is 5. The SMILES string of the molecule is CCOc1ccccc1NC(=O)C(C)Sc1nc2c(cc1C#N)CCCCCC2. The van der Waals surface area contributed by atoms with Crippen LogP contribution in [-0.4, -0.2) is 22.7 Å². The maximum absolute atomic E-state index is 12.8. The van der Waals surface area contributed by atoms with Gasteiger partial charge in [-0.3, -0.25) is 4.79 Å². The standard InChI is InChI=1S/C23H27N3O2S/c1-3-28-21-13-9-8-12-20(21)25-22(27)16(2)29-23-18(15-24)14-17-10-6-4-5-7-11-19(17)26-23/h8-9,12-14,16H,3-7,10-11H2,1-2H3,(H,25,27). The fraction of sp³-hybridized carbons (Fsp3) is 0.435. The van der Waals surface area contributed by atoms with E-state index >= 15 is 0 Å². The number of ether oxygens (including phenoxy) is 1. The summed E-state index contributed by atoms with van der Waals surface area (Å²) >= 11 is 1.34. The van der Waals surface area contributed by atoms with E-state index in [9.17, 15) is 10.1 Å². The number of nitriles is 1. The maximum Gasteiger partial charge on any atom is 0.237 e. The van der Waals surface area contributed by atoms with Crippen molar-refractivity contribution in [2.24, 2.45) is 0 Å². The van der Waals surface area contributed by atoms with Crippen LogP contribution in [0, 0.1) is 11.3 Å². The molecule has 1 unspecified atom stereocenters. The molecular weight excluding hydrogens is 382 g/mol. The van der Waals surface area contributed by atoms with Gasteiger partial charge in [-0.15, -0.1) is 0 Å². The molecule has 29 heavy (non-hydrogen) atoms. The molecule has 2 aromatic rings. The van der Waals surface area contributed by atoms with Gasteiger partial charge < -0.3 is 10.1 Å². The summed E-state index contributed by atoms with van der Waals surface area (Å²) in [4.78, 5) is 17.6. The fourth-order valence-electron chi connectivity index (χ4n) is 3.44. The lowest BCUT2D eigenvalue weighted by atomic mass is 9.96. The van der Waals surface area contributed by atoms with E-state index in [0.29, 0.717) is 28.6 Å². The summed E-state index contributed by atoms with van der Waals surface area (Å²) in [5.41, 5.74) is 3.48. The van der Waals surface area contributed by atoms with Crippen LogP contribution in [0.25, 0.3) is 0 Å². The Labute approximate surface area is 176 Å². The van der Waals surface area contributed by atoms with Crippen LogP contribution >= 0.6 is 11.8 Å². The lowest BCUT2D eigenvalue weighted by molar-refractivity contribution is -0.115. The third-order valence-corrected chi connectivity index (χ3v) is 6.09. The van der Waals surface area contributed by atoms with E-state index in [0.717, 1.165) is 31.4 Å². The molecule has 3 rings (SSSR count). The first-order valence-electron chi connectivity index (χ1n) is 10.2. The smallest absolute Gasteiger partial charge is 0.237 e. The van der Waals surface area contributed by atoms with Crippen LogP contribution in [0.1, 0.15) is 56.4 Å². The van der Waals surface area contributed by atoms with E-state index in [-0.39, 0.29) is 5.91 Å². The zero-order chi connectivity index (χ0) is 20.6. The van der Waals surface area contributed by atoms with Crippen molar-refractivity contribution >= 4 is 23.4 Å². The maximum atomic E-state index is 12.8. The van der Waals surface area contributed by atoms with E-state index in [1.807, 2.05) is 44.2 Å². The minimum atomic E-state index is -0.393. The highest BCUT2D eigenvalue weighted by Gasteiger charge is 2.21. The molecule has 1 aliphatic rings. The Hall–Kier alpha value is -2.52. The van der Waals surface area contributed by atoms with Crippen molar-refractivity contribution in [1.82, 2.24) is 4.98 Å². The molecule has 1 N–H and O–H groups in total. The van der Waals surface area contributed by atoms with Gasteiger partial charge in [-0.05, 0) is 63.3 Å². The number of nitrogens with zero attached hydrogens (tertiary/aromatic N) is 2. The number of aryl methyl sites for hydroxylation is 2. The number of pyridine rings is 1. The second kappa shape index (κ2) is 10.3. The van der Waals surface area contributed by atoms with Gasteiger partial charge in [-0.25, -0.2) is 4.98 Å². The monoisotopic (exact) mass is 409 g/mol. The third-order valence-electron chi connectivity index (χ3n) is 4.99. The number of carbonyl (C=O) groups excluding carboxylic acids is 1. The fourth-order valence-corrected chi connectivity index (χ4v) is 4.34. The average Bonchev–Trinajstić information content (AvgIpc) is 2.70. The number of hydrogen-bond donors (Lipinski definition) is 1. The van der Waals surface area contributed by atoms with E-state index in [2.05, 4.69) is 11.4 Å². The molecular formula is C23H27N3O2S. The molecule has 1 amide bonds. The van der Waals surface area contributed by atoms with Gasteiger partial charge in [0.15, 0.2) is 0 Å². The first-order chi connectivity index (χ1) is 14.1. The van der Waals surface area contributed by atoms with Crippen molar-refractivity contribution in [2.45, 2.75) is 62.6 Å². The van der Waals surface area contributed by atoms with Crippen LogP contribution in [-0.2, 0) is 17.6 Å². The highest BCUT2D eigenvalue weighted by molar-refractivity contribution is 8.00. The number of carbonyl (C=O) groups is 1. The number of amides is 1. The summed E-state index contributed by atoms with van der Waals surface area (Å²) in [6.07, 6.45) is 6.65. The van der Waals surface area contributed by atoms with Crippen molar-refractivity contribution in [3.63, 3.8) is 0 Å². The summed E-state index contributed by atoms with van der Waals surface area (Å²) in [6.45, 7) is 4.27. The molecule has 1 aromatic heterocycles. The Bertz CT molecular complexity index is 907. The Balaban J connectivity index is 1.76. The Morgan fingerprint density at radius 3 is 2.79 bits per heavy atom. The largest absolute Gasteiger partial charge is 0.492 e. The van der Waals surface area contributed by atoms with Gasteiger partial charge >= 0.3 is 0 Å². The number of fused-ring (bicyclic) bond motifs is 1. The van der Waals surface area contributed by atoms with Crippen LogP contribution in [0.5, 0.6) is 5.75 Å². The highest BCUT2D eigenvalue weighted by atomic mass is 32.2. The van der Waals surface area contributed by atoms with E-state index < -0.39 is 5.25 Å². The number of aromatic nitrogens is 1. The molecule has 0 saturated carbocycles. The lowest BCUT2D eigenvalue weighted by Gasteiger charge is -2.17. The van der Waals surface area contributed by atoms with Gasteiger partial charge in [-0.2, -0.15) is 5.26 Å². The number of anilines is 1. The normalized spacial score (nSPS) is 14.7. The molecule has 1 aromatic carbocycles. The van der Waals surface area contributed by atoms with Gasteiger partial charge in [0.25, 0.3) is 0 Å². The van der Waals surface area contributed by atoms with Gasteiger partial charge in [0, 0.05) is 5.69 Å². The van der Waals surface area contributed by atoms with Crippen LogP contribution in [0.15, 0.2) is 35.4 Å². The summed E-state index contributed by atoms with van der Waals surface area (Å²) in [5.74, 6) is 0.511. The number of benzene rings is 1. The minimum Gasteiger partial charge on any atom is -0.492 e. The second-order valence-corrected chi connectivity index (χ2v) is 8.48. The number of nitrogens with one attached hydrogen (secondary N) is 1. The first kappa shape index (κ1) is 21.2. The van der Waals surface area contributed by atoms with Crippen LogP contribution in [0.4, 0.5) is 5.69 Å². The average molecular weight is 410 g/mol. The lowest BCUT2D eigenvalue weighted by Crippen LogP contribution is -2.23. The minimum absolute atomic E-state index is 0.139. The Kier molecular flexibility index (Phi) is 7.54. The molecule has 0 spiro atoms. The molecule has 5 nitrogen and oxygen atoms in total. The van der Waals surface area contributed by atoms with Crippen LogP contribution < -0.4 is 10.1 Å². The zero-order valence-electron chi connectivity index (χ0n) is 17.0. The topological polar surface area (TPSA) is 75.0 Å². The summed E-state index contributed by atoms with van der Waals surface area (Å²) in [7, 11) is 0. The molecule has 152 valence electrons. The highest BCUT2D eigenvalue weighted by Crippen LogP contribution is 2.30. The number of thioether (sulfide) groups is 1. The molecule has 0 fully saturated rings. The zero-order valence-corrected chi connectivity index (χ0v) is 17.8. The van der Waals surface area contributed by atoms with E-state index in [4.69, 9.17) is 9.72 Å². The number of rotatable bonds is 6.